The molecular weight excluding hydrogens is 519 g/mol. The van der Waals surface area contributed by atoms with Crippen LogP contribution in [0.3, 0.4) is 0 Å². The minimum absolute atomic E-state index is 0. The summed E-state index contributed by atoms with van der Waals surface area (Å²) in [5.74, 6) is 0. The van der Waals surface area contributed by atoms with Gasteiger partial charge < -0.3 is 69.1 Å². The topological polar surface area (TPSA) is 0 Å². The molecule has 4 atom stereocenters. The third-order valence-corrected chi connectivity index (χ3v) is 0. The van der Waals surface area contributed by atoms with Gasteiger partial charge in [-0.15, -0.1) is 0 Å². The Kier molecular flexibility index (Phi) is 38.8. The van der Waals surface area contributed by atoms with Gasteiger partial charge in [-0.1, -0.05) is 0 Å². The highest BCUT2D eigenvalue weighted by Gasteiger charge is 2.21. The van der Waals surface area contributed by atoms with E-state index >= 15 is 0 Å². The maximum Gasteiger partial charge on any atom is 0.673 e. The lowest BCUT2D eigenvalue weighted by Gasteiger charge is -1.98. The summed E-state index contributed by atoms with van der Waals surface area (Å²) in [6.07, 6.45) is 0. The molecule has 24 heteroatoms. The van der Waals surface area contributed by atoms with E-state index in [-0.39, 0.29) is 29.7 Å². The van der Waals surface area contributed by atoms with E-state index in [4.69, 9.17) is 0 Å². The summed E-state index contributed by atoms with van der Waals surface area (Å²) in [4.78, 5) is 0. The molecule has 0 aliphatic heterocycles. The van der Waals surface area contributed by atoms with Crippen LogP contribution in [-0.2, 0) is 0 Å². The van der Waals surface area contributed by atoms with E-state index in [9.17, 15) is 69.1 Å². The van der Waals surface area contributed by atoms with Gasteiger partial charge in [-0.25, -0.2) is 0 Å². The third-order valence-electron chi connectivity index (χ3n) is 0. The van der Waals surface area contributed by atoms with Crippen LogP contribution in [0.25, 0.3) is 0 Å². The lowest BCUT2D eigenvalue weighted by Crippen LogP contribution is -2.02. The molecule has 0 aromatic heterocycles. The van der Waals surface area contributed by atoms with Crippen molar-refractivity contribution in [3.05, 3.63) is 0 Å². The second-order valence-electron chi connectivity index (χ2n) is 4.54. The van der Waals surface area contributed by atoms with Gasteiger partial charge in [-0.05, 0) is 59.7 Å². The first-order chi connectivity index (χ1) is 10.0. The van der Waals surface area contributed by atoms with Crippen LogP contribution in [-0.4, -0.2) is 34.2 Å². The Hall–Kier alpha value is 0.860. The second kappa shape index (κ2) is 21.1. The summed E-state index contributed by atoms with van der Waals surface area (Å²) in [6.45, 7) is 6.60. The van der Waals surface area contributed by atoms with Gasteiger partial charge in [0.2, 0.25) is 0 Å². The summed E-state index contributed by atoms with van der Waals surface area (Å²) in [6, 6.07) is 0. The van der Waals surface area contributed by atoms with Gasteiger partial charge >= 0.3 is 29.0 Å². The van der Waals surface area contributed by atoms with Crippen LogP contribution < -0.4 is 0 Å². The molecule has 0 amide bonds. The first-order valence-electron chi connectivity index (χ1n) is 5.35. The minimum Gasteiger partial charge on any atom is -0.418 e. The van der Waals surface area contributed by atoms with Crippen LogP contribution in [0.15, 0.2) is 0 Å². The first kappa shape index (κ1) is 51.5. The van der Waals surface area contributed by atoms with E-state index in [2.05, 4.69) is 20.8 Å². The van der Waals surface area contributed by atoms with Crippen LogP contribution in [0.5, 0.6) is 0 Å². The van der Waals surface area contributed by atoms with E-state index in [0.29, 0.717) is 5.16 Å². The molecule has 0 aliphatic carbocycles. The van der Waals surface area contributed by atoms with Crippen molar-refractivity contribution >= 4 is 68.0 Å². The average Bonchev–Trinajstić information content (AvgIpc) is 1.79. The smallest absolute Gasteiger partial charge is 0.418 e. The summed E-state index contributed by atoms with van der Waals surface area (Å²) < 4.78 is 156. The fraction of sp³-hybridized carbons (Fsp3) is 1.00. The summed E-state index contributed by atoms with van der Waals surface area (Å²) in [7, 11) is -22.0. The molecule has 0 fully saturated rings. The molecule has 4 unspecified atom stereocenters. The van der Waals surface area contributed by atoms with Crippen molar-refractivity contribution in [3.63, 3.8) is 0 Å². The molecule has 28 heavy (non-hydrogen) atoms. The van der Waals surface area contributed by atoms with Crippen molar-refractivity contribution in [2.45, 2.75) is 25.9 Å². The Labute approximate surface area is 164 Å². The predicted molar refractivity (Wildman–Crippen MR) is 109 cm³/mol. The number of rotatable bonds is 0. The van der Waals surface area contributed by atoms with Crippen molar-refractivity contribution in [3.8, 4) is 0 Å². The molecule has 0 aromatic rings. The van der Waals surface area contributed by atoms with Crippen molar-refractivity contribution in [2.75, 3.05) is 0 Å². The molecule has 0 saturated heterocycles. The lowest BCUT2D eigenvalue weighted by molar-refractivity contribution is 0.366. The Morgan fingerprint density at radius 1 is 0.393 bits per heavy atom. The Morgan fingerprint density at radius 3 is 0.393 bits per heavy atom. The fourth-order valence-electron chi connectivity index (χ4n) is 0. The van der Waals surface area contributed by atoms with Gasteiger partial charge in [0.05, 0.1) is 5.16 Å². The normalized spacial score (nSPS) is 10.8. The van der Waals surface area contributed by atoms with Gasteiger partial charge in [-0.3, -0.25) is 0 Å². The SMILES string of the molecule is CC(C)(C)[PH3+].F[B-](F)(F)F.F[B-](F)(F)F.F[B-](F)(F)F.F[B-](F)(F)F.[PH4+].[PH4+].[PH4+]. The Bertz CT molecular complexity index is 194. The molecule has 0 radical (unpaired) electrons. The standard InChI is InChI=1S/C4H11P.4BF4.3H3P/c1-4(2,3)5;4*2-1(3,4)5;;;/h5H2,1-3H3;;;;;3*1H3/q;4*-1;;;/p+4. The molecular formula is C4H24B4F16P4. The number of halogens is 16. The zero-order chi connectivity index (χ0) is 22.5. The quantitative estimate of drug-likeness (QED) is 0.201. The van der Waals surface area contributed by atoms with Crippen molar-refractivity contribution in [2.24, 2.45) is 0 Å². The van der Waals surface area contributed by atoms with E-state index in [1.54, 1.807) is 0 Å². The van der Waals surface area contributed by atoms with Crippen LogP contribution in [0.4, 0.5) is 69.1 Å². The number of hydrogen-bond acceptors (Lipinski definition) is 0. The largest absolute Gasteiger partial charge is 0.673 e. The molecule has 0 heterocycles. The van der Waals surface area contributed by atoms with Crippen molar-refractivity contribution < 1.29 is 69.1 Å². The summed E-state index contributed by atoms with van der Waals surface area (Å²) in [5, 5.41) is 0.528. The monoisotopic (exact) mass is 544 g/mol. The highest BCUT2D eigenvalue weighted by atomic mass is 31.0. The molecule has 0 aliphatic rings. The minimum atomic E-state index is -6.00. The second-order valence-corrected chi connectivity index (χ2v) is 6.66. The van der Waals surface area contributed by atoms with E-state index in [1.807, 2.05) is 9.24 Å². The zero-order valence-electron chi connectivity index (χ0n) is 15.6. The van der Waals surface area contributed by atoms with Gasteiger partial charge in [0.25, 0.3) is 0 Å². The van der Waals surface area contributed by atoms with Crippen LogP contribution in [0.2, 0.25) is 0 Å². The van der Waals surface area contributed by atoms with Crippen molar-refractivity contribution in [1.82, 2.24) is 0 Å². The molecule has 0 nitrogen and oxygen atoms in total. The molecule has 0 aromatic carbocycles. The van der Waals surface area contributed by atoms with Gasteiger partial charge in [0.15, 0.2) is 0 Å². The van der Waals surface area contributed by atoms with E-state index < -0.39 is 29.0 Å². The molecule has 0 saturated carbocycles. The van der Waals surface area contributed by atoms with Crippen LogP contribution in [0, 0.1) is 0 Å². The average molecular weight is 543 g/mol. The molecule has 0 bridgehead atoms. The van der Waals surface area contributed by atoms with Crippen LogP contribution >= 0.6 is 38.9 Å². The van der Waals surface area contributed by atoms with Gasteiger partial charge in [0, 0.05) is 0 Å². The molecule has 0 rings (SSSR count). The van der Waals surface area contributed by atoms with Crippen molar-refractivity contribution in [1.29, 1.82) is 0 Å². The predicted octanol–water partition coefficient (Wildman–Crippen LogP) is 5.96. The van der Waals surface area contributed by atoms with Gasteiger partial charge in [0.1, 0.15) is 0 Å². The Morgan fingerprint density at radius 2 is 0.393 bits per heavy atom. The van der Waals surface area contributed by atoms with E-state index in [1.165, 1.54) is 0 Å². The van der Waals surface area contributed by atoms with Crippen LogP contribution in [0.1, 0.15) is 20.8 Å². The maximum atomic E-state index is 9.75. The fourth-order valence-corrected chi connectivity index (χ4v) is 0. The number of hydrogen-bond donors (Lipinski definition) is 0. The molecule has 0 spiro atoms. The summed E-state index contributed by atoms with van der Waals surface area (Å²) in [5.41, 5.74) is 0. The molecule has 184 valence electrons. The lowest BCUT2D eigenvalue weighted by atomic mass is 10.3. The molecule has 0 N–H and O–H groups in total. The third kappa shape index (κ3) is 24300. The maximum absolute atomic E-state index is 9.75. The van der Waals surface area contributed by atoms with Gasteiger partial charge in [-0.2, -0.15) is 0 Å². The zero-order valence-corrected chi connectivity index (χ0v) is 23.0. The highest BCUT2D eigenvalue weighted by molar-refractivity contribution is 7.18. The Balaban J connectivity index is -0.0000000290. The first-order valence-corrected chi connectivity index (χ1v) is 6.05. The van der Waals surface area contributed by atoms with E-state index in [0.717, 1.165) is 0 Å². The highest BCUT2D eigenvalue weighted by Crippen LogP contribution is 2.12. The summed E-state index contributed by atoms with van der Waals surface area (Å²) >= 11 is 0.